The van der Waals surface area contributed by atoms with Crippen LogP contribution in [-0.4, -0.2) is 80.4 Å². The molecule has 4 fully saturated rings. The number of fused-ring (bicyclic) bond motifs is 5. The zero-order valence-electron chi connectivity index (χ0n) is 30.1. The maximum Gasteiger partial charge on any atom is 0.222 e. The number of carbonyl (C=O) groups excluding carboxylic acids is 1. The second-order valence-corrected chi connectivity index (χ2v) is 16.2. The van der Waals surface area contributed by atoms with Crippen molar-refractivity contribution in [2.24, 2.45) is 52.1 Å². The number of hydrogen-bond acceptors (Lipinski definition) is 6. The van der Waals surface area contributed by atoms with Crippen LogP contribution in [-0.2, 0) is 4.79 Å². The summed E-state index contributed by atoms with van der Waals surface area (Å²) >= 11 is 0. The van der Waals surface area contributed by atoms with Crippen molar-refractivity contribution >= 4 is 5.91 Å². The Bertz CT molecular complexity index is 884. The van der Waals surface area contributed by atoms with Crippen LogP contribution in [0.1, 0.15) is 125 Å². The van der Waals surface area contributed by atoms with Crippen molar-refractivity contribution in [3.05, 3.63) is 0 Å². The summed E-state index contributed by atoms with van der Waals surface area (Å²) in [5.74, 6) is 4.01. The SMILES string of the molecule is CCN(CC)C(=O)CC[C@@H](C)[C@H]1CCC2C3C(CC[C@@]21C)[C@@]1(C)CC[C@H](NCCCNCCCCNCCCN)CC1C[C@H]3O. The second-order valence-electron chi connectivity index (χ2n) is 16.2. The molecular weight excluding hydrogens is 558 g/mol. The molecule has 0 bridgehead atoms. The molecule has 6 N–H and O–H groups in total. The van der Waals surface area contributed by atoms with Gasteiger partial charge in [0.1, 0.15) is 0 Å². The summed E-state index contributed by atoms with van der Waals surface area (Å²) in [4.78, 5) is 14.7. The number of hydrogen-bond donors (Lipinski definition) is 5. The van der Waals surface area contributed by atoms with Gasteiger partial charge in [0.2, 0.25) is 5.91 Å². The predicted octanol–water partition coefficient (Wildman–Crippen LogP) is 5.56. The van der Waals surface area contributed by atoms with E-state index >= 15 is 0 Å². The first-order valence-electron chi connectivity index (χ1n) is 19.5. The van der Waals surface area contributed by atoms with Gasteiger partial charge < -0.3 is 31.7 Å². The lowest BCUT2D eigenvalue weighted by Crippen LogP contribution is -2.59. The van der Waals surface area contributed by atoms with E-state index in [2.05, 4.69) is 50.6 Å². The molecule has 4 unspecified atom stereocenters. The average Bonchev–Trinajstić information content (AvgIpc) is 3.38. The summed E-state index contributed by atoms with van der Waals surface area (Å²) in [5.41, 5.74) is 6.24. The topological polar surface area (TPSA) is 103 Å². The highest BCUT2D eigenvalue weighted by Gasteiger charge is 2.62. The summed E-state index contributed by atoms with van der Waals surface area (Å²) < 4.78 is 0. The van der Waals surface area contributed by atoms with E-state index in [1.54, 1.807) is 0 Å². The maximum absolute atomic E-state index is 12.8. The standard InChI is InChI=1S/C38H73N5O2/c1-6-43(7-2)35(45)15-12-28(3)31-13-14-32-36-33(17-19-38(31,32)5)37(4)18-16-30(26-29(37)27-34(36)44)42-25-11-24-41-22-9-8-21-40-23-10-20-39/h28-34,36,40-42,44H,6-27,39H2,1-5H3/t28-,29?,30+,31-,32?,33?,34-,36?,37+,38-/m1/s1. The molecule has 0 spiro atoms. The Morgan fingerprint density at radius 1 is 0.867 bits per heavy atom. The van der Waals surface area contributed by atoms with E-state index in [1.807, 2.05) is 4.90 Å². The lowest BCUT2D eigenvalue weighted by atomic mass is 9.43. The Balaban J connectivity index is 1.21. The molecule has 4 aliphatic carbocycles. The molecule has 7 nitrogen and oxygen atoms in total. The molecule has 0 aromatic carbocycles. The van der Waals surface area contributed by atoms with E-state index in [9.17, 15) is 9.90 Å². The Kier molecular flexibility index (Phi) is 14.5. The van der Waals surface area contributed by atoms with Gasteiger partial charge in [-0.05, 0) is 183 Å². The molecule has 4 rings (SSSR count). The fourth-order valence-electron chi connectivity index (χ4n) is 11.2. The van der Waals surface area contributed by atoms with E-state index in [0.717, 1.165) is 71.6 Å². The van der Waals surface area contributed by atoms with E-state index in [1.165, 1.54) is 64.2 Å². The Hall–Kier alpha value is -0.730. The van der Waals surface area contributed by atoms with Gasteiger partial charge in [-0.25, -0.2) is 0 Å². The monoisotopic (exact) mass is 632 g/mol. The number of amides is 1. The van der Waals surface area contributed by atoms with Crippen LogP contribution in [0.3, 0.4) is 0 Å². The van der Waals surface area contributed by atoms with E-state index in [4.69, 9.17) is 5.73 Å². The summed E-state index contributed by atoms with van der Waals surface area (Å²) in [6.45, 7) is 19.6. The minimum absolute atomic E-state index is 0.144. The predicted molar refractivity (Wildman–Crippen MR) is 188 cm³/mol. The number of aliphatic hydroxyl groups is 1. The highest BCUT2D eigenvalue weighted by Crippen LogP contribution is 2.68. The van der Waals surface area contributed by atoms with Crippen molar-refractivity contribution in [3.63, 3.8) is 0 Å². The Morgan fingerprint density at radius 3 is 2.20 bits per heavy atom. The van der Waals surface area contributed by atoms with Crippen LogP contribution in [0.4, 0.5) is 0 Å². The van der Waals surface area contributed by atoms with Gasteiger partial charge >= 0.3 is 0 Å². The summed E-state index contributed by atoms with van der Waals surface area (Å²) in [6.07, 6.45) is 16.3. The second kappa shape index (κ2) is 17.6. The number of nitrogens with two attached hydrogens (primary N) is 1. The van der Waals surface area contributed by atoms with Gasteiger partial charge in [-0.3, -0.25) is 4.79 Å². The Labute approximate surface area is 277 Å². The highest BCUT2D eigenvalue weighted by molar-refractivity contribution is 5.76. The van der Waals surface area contributed by atoms with Gasteiger partial charge in [-0.15, -0.1) is 0 Å². The molecule has 0 aromatic heterocycles. The van der Waals surface area contributed by atoms with Gasteiger partial charge in [-0.1, -0.05) is 20.8 Å². The number of nitrogens with one attached hydrogen (secondary N) is 3. The van der Waals surface area contributed by atoms with Gasteiger partial charge in [0.15, 0.2) is 0 Å². The van der Waals surface area contributed by atoms with Crippen LogP contribution in [0.25, 0.3) is 0 Å². The molecule has 0 radical (unpaired) electrons. The van der Waals surface area contributed by atoms with Crippen LogP contribution in [0.2, 0.25) is 0 Å². The molecular formula is C38H73N5O2. The third kappa shape index (κ3) is 8.85. The minimum Gasteiger partial charge on any atom is -0.393 e. The van der Waals surface area contributed by atoms with Gasteiger partial charge in [0.05, 0.1) is 6.10 Å². The molecule has 0 aromatic rings. The molecule has 10 atom stereocenters. The molecule has 1 amide bonds. The third-order valence-corrected chi connectivity index (χ3v) is 13.9. The van der Waals surface area contributed by atoms with Crippen molar-refractivity contribution in [2.75, 3.05) is 52.4 Å². The van der Waals surface area contributed by atoms with Crippen LogP contribution >= 0.6 is 0 Å². The molecule has 4 saturated carbocycles. The van der Waals surface area contributed by atoms with Crippen molar-refractivity contribution in [1.29, 1.82) is 0 Å². The molecule has 0 heterocycles. The third-order valence-electron chi connectivity index (χ3n) is 13.9. The van der Waals surface area contributed by atoms with Crippen molar-refractivity contribution in [1.82, 2.24) is 20.9 Å². The van der Waals surface area contributed by atoms with E-state index in [0.29, 0.717) is 64.7 Å². The highest BCUT2D eigenvalue weighted by atomic mass is 16.3. The number of unbranched alkanes of at least 4 members (excludes halogenated alkanes) is 1. The summed E-state index contributed by atoms with van der Waals surface area (Å²) in [7, 11) is 0. The average molecular weight is 632 g/mol. The van der Waals surface area contributed by atoms with Crippen molar-refractivity contribution in [2.45, 2.75) is 137 Å². The molecule has 0 aliphatic heterocycles. The van der Waals surface area contributed by atoms with Crippen LogP contribution in [0, 0.1) is 46.3 Å². The lowest BCUT2D eigenvalue weighted by Gasteiger charge is -2.62. The molecule has 7 heteroatoms. The molecule has 262 valence electrons. The summed E-state index contributed by atoms with van der Waals surface area (Å²) in [6, 6.07) is 0.607. The maximum atomic E-state index is 12.8. The number of aliphatic hydroxyl groups excluding tert-OH is 1. The lowest BCUT2D eigenvalue weighted by molar-refractivity contribution is -0.167. The largest absolute Gasteiger partial charge is 0.393 e. The quantitative estimate of drug-likeness (QED) is 0.120. The number of rotatable bonds is 19. The van der Waals surface area contributed by atoms with Crippen molar-refractivity contribution in [3.8, 4) is 0 Å². The van der Waals surface area contributed by atoms with E-state index in [-0.39, 0.29) is 6.10 Å². The first-order valence-corrected chi connectivity index (χ1v) is 19.5. The Morgan fingerprint density at radius 2 is 1.51 bits per heavy atom. The normalized spacial score (nSPS) is 36.6. The number of carbonyl (C=O) groups is 1. The zero-order chi connectivity index (χ0) is 32.5. The molecule has 4 aliphatic rings. The number of nitrogens with zero attached hydrogens (tertiary/aromatic N) is 1. The van der Waals surface area contributed by atoms with Crippen LogP contribution in [0.5, 0.6) is 0 Å². The van der Waals surface area contributed by atoms with E-state index < -0.39 is 0 Å². The van der Waals surface area contributed by atoms with Gasteiger partial charge in [0.25, 0.3) is 0 Å². The first-order chi connectivity index (χ1) is 21.7. The molecule has 45 heavy (non-hydrogen) atoms. The van der Waals surface area contributed by atoms with Crippen LogP contribution in [0.15, 0.2) is 0 Å². The summed E-state index contributed by atoms with van der Waals surface area (Å²) in [5, 5.41) is 22.8. The fourth-order valence-corrected chi connectivity index (χ4v) is 11.2. The van der Waals surface area contributed by atoms with Crippen molar-refractivity contribution < 1.29 is 9.90 Å². The van der Waals surface area contributed by atoms with Gasteiger partial charge in [0, 0.05) is 25.6 Å². The smallest absolute Gasteiger partial charge is 0.222 e. The molecule has 0 saturated heterocycles. The minimum atomic E-state index is -0.144. The van der Waals surface area contributed by atoms with Crippen LogP contribution < -0.4 is 21.7 Å². The first kappa shape index (κ1) is 37.1. The van der Waals surface area contributed by atoms with Gasteiger partial charge in [-0.2, -0.15) is 0 Å². The fraction of sp³-hybridized carbons (Fsp3) is 0.974. The zero-order valence-corrected chi connectivity index (χ0v) is 30.1.